The smallest absolute Gasteiger partial charge is 0.165 e. The first-order valence-electron chi connectivity index (χ1n) is 7.78. The number of nitrogens with one attached hydrogen (secondary N) is 1. The molecule has 0 saturated heterocycles. The van der Waals surface area contributed by atoms with E-state index in [-0.39, 0.29) is 0 Å². The first-order chi connectivity index (χ1) is 12.2. The van der Waals surface area contributed by atoms with Crippen molar-refractivity contribution in [2.45, 2.75) is 6.54 Å². The van der Waals surface area contributed by atoms with Crippen LogP contribution in [0.1, 0.15) is 5.56 Å². The summed E-state index contributed by atoms with van der Waals surface area (Å²) in [5, 5.41) is 9.25. The highest BCUT2D eigenvalue weighted by Crippen LogP contribution is 2.30. The summed E-state index contributed by atoms with van der Waals surface area (Å²) in [6.07, 6.45) is 3.55. The van der Waals surface area contributed by atoms with E-state index >= 15 is 0 Å². The molecular weight excluding hydrogens is 355 g/mol. The monoisotopic (exact) mass is 368 g/mol. The van der Waals surface area contributed by atoms with E-state index in [0.717, 1.165) is 33.2 Å². The van der Waals surface area contributed by atoms with Crippen molar-refractivity contribution in [1.29, 1.82) is 0 Å². The van der Waals surface area contributed by atoms with Crippen LogP contribution in [0.25, 0.3) is 16.8 Å². The van der Waals surface area contributed by atoms with E-state index in [1.54, 1.807) is 16.9 Å². The lowest BCUT2D eigenvalue weighted by Gasteiger charge is -2.09. The summed E-state index contributed by atoms with van der Waals surface area (Å²) in [4.78, 5) is 4.47. The quantitative estimate of drug-likeness (QED) is 0.530. The van der Waals surface area contributed by atoms with Gasteiger partial charge in [0.2, 0.25) is 0 Å². The largest absolute Gasteiger partial charge is 0.366 e. The minimum atomic E-state index is 0.640. The average Bonchev–Trinajstić information content (AvgIpc) is 3.05. The molecular formula is C19H14Cl2N4. The summed E-state index contributed by atoms with van der Waals surface area (Å²) in [7, 11) is 0. The second-order valence-electron chi connectivity index (χ2n) is 5.59. The van der Waals surface area contributed by atoms with E-state index < -0.39 is 0 Å². The third kappa shape index (κ3) is 3.18. The number of rotatable bonds is 4. The van der Waals surface area contributed by atoms with E-state index in [1.165, 1.54) is 0 Å². The van der Waals surface area contributed by atoms with Crippen LogP contribution in [0.15, 0.2) is 67.0 Å². The average molecular weight is 369 g/mol. The summed E-state index contributed by atoms with van der Waals surface area (Å²) in [5.41, 5.74) is 3.66. The van der Waals surface area contributed by atoms with Crippen molar-refractivity contribution in [1.82, 2.24) is 14.6 Å². The second-order valence-corrected chi connectivity index (χ2v) is 6.43. The molecule has 4 aromatic rings. The first-order valence-corrected chi connectivity index (χ1v) is 8.54. The van der Waals surface area contributed by atoms with Crippen LogP contribution in [-0.2, 0) is 6.54 Å². The molecule has 4 rings (SSSR count). The van der Waals surface area contributed by atoms with Crippen LogP contribution in [0, 0.1) is 0 Å². The molecule has 1 N–H and O–H groups in total. The first kappa shape index (κ1) is 15.9. The van der Waals surface area contributed by atoms with Gasteiger partial charge in [0.25, 0.3) is 0 Å². The summed E-state index contributed by atoms with van der Waals surface area (Å²) >= 11 is 12.4. The summed E-state index contributed by atoms with van der Waals surface area (Å²) in [6.45, 7) is 0.640. The molecule has 0 fully saturated rings. The highest BCUT2D eigenvalue weighted by molar-refractivity contribution is 6.33. The Morgan fingerprint density at radius 3 is 2.68 bits per heavy atom. The fourth-order valence-electron chi connectivity index (χ4n) is 2.73. The Morgan fingerprint density at radius 1 is 0.960 bits per heavy atom. The third-order valence-electron chi connectivity index (χ3n) is 3.93. The molecule has 2 aromatic heterocycles. The second kappa shape index (κ2) is 6.75. The van der Waals surface area contributed by atoms with Gasteiger partial charge in [0.15, 0.2) is 5.65 Å². The van der Waals surface area contributed by atoms with Crippen LogP contribution in [0.5, 0.6) is 0 Å². The zero-order valence-corrected chi connectivity index (χ0v) is 14.7. The van der Waals surface area contributed by atoms with Crippen LogP contribution >= 0.6 is 23.2 Å². The predicted octanol–water partition coefficient (Wildman–Crippen LogP) is 5.32. The number of hydrogen-bond acceptors (Lipinski definition) is 3. The Balaban J connectivity index is 1.69. The van der Waals surface area contributed by atoms with Gasteiger partial charge in [0.05, 0.1) is 6.20 Å². The van der Waals surface area contributed by atoms with Gasteiger partial charge in [-0.2, -0.15) is 9.61 Å². The van der Waals surface area contributed by atoms with E-state index in [2.05, 4.69) is 15.4 Å². The molecule has 0 aliphatic carbocycles. The lowest BCUT2D eigenvalue weighted by atomic mass is 10.1. The molecule has 4 nitrogen and oxygen atoms in total. The fourth-order valence-corrected chi connectivity index (χ4v) is 3.18. The van der Waals surface area contributed by atoms with Gasteiger partial charge in [-0.05, 0) is 29.8 Å². The standard InChI is InChI=1S/C19H14Cl2N4/c20-14-5-3-4-13(10-14)11-23-18-8-9-22-19-16(12-24-25(18)19)15-6-1-2-7-17(15)21/h1-10,12,23H,11H2. The zero-order valence-electron chi connectivity index (χ0n) is 13.2. The van der Waals surface area contributed by atoms with Crippen LogP contribution in [0.4, 0.5) is 5.82 Å². The number of halogens is 2. The summed E-state index contributed by atoms with van der Waals surface area (Å²) in [5.74, 6) is 0.850. The van der Waals surface area contributed by atoms with Crippen molar-refractivity contribution in [2.75, 3.05) is 5.32 Å². The molecule has 0 radical (unpaired) electrons. The maximum Gasteiger partial charge on any atom is 0.165 e. The Hall–Kier alpha value is -2.56. The van der Waals surface area contributed by atoms with Crippen molar-refractivity contribution < 1.29 is 0 Å². The minimum absolute atomic E-state index is 0.640. The molecule has 2 aromatic carbocycles. The zero-order chi connectivity index (χ0) is 17.2. The predicted molar refractivity (Wildman–Crippen MR) is 102 cm³/mol. The Morgan fingerprint density at radius 2 is 1.84 bits per heavy atom. The van der Waals surface area contributed by atoms with Crippen LogP contribution in [-0.4, -0.2) is 14.6 Å². The van der Waals surface area contributed by atoms with Crippen molar-refractivity contribution in [3.63, 3.8) is 0 Å². The number of aromatic nitrogens is 3. The molecule has 124 valence electrons. The number of hydrogen-bond donors (Lipinski definition) is 1. The molecule has 0 aliphatic heterocycles. The molecule has 6 heteroatoms. The van der Waals surface area contributed by atoms with Gasteiger partial charge in [-0.25, -0.2) is 4.98 Å². The van der Waals surface area contributed by atoms with Crippen LogP contribution < -0.4 is 5.32 Å². The normalized spacial score (nSPS) is 11.0. The van der Waals surface area contributed by atoms with E-state index in [1.807, 2.05) is 54.6 Å². The highest BCUT2D eigenvalue weighted by Gasteiger charge is 2.12. The molecule has 2 heterocycles. The molecule has 0 bridgehead atoms. The molecule has 0 amide bonds. The lowest BCUT2D eigenvalue weighted by Crippen LogP contribution is -2.05. The minimum Gasteiger partial charge on any atom is -0.366 e. The molecule has 0 unspecified atom stereocenters. The fraction of sp³-hybridized carbons (Fsp3) is 0.0526. The number of fused-ring (bicyclic) bond motifs is 1. The molecule has 0 aliphatic rings. The van der Waals surface area contributed by atoms with Gasteiger partial charge in [0.1, 0.15) is 5.82 Å². The number of anilines is 1. The highest BCUT2D eigenvalue weighted by atomic mass is 35.5. The van der Waals surface area contributed by atoms with E-state index in [9.17, 15) is 0 Å². The van der Waals surface area contributed by atoms with E-state index in [0.29, 0.717) is 11.6 Å². The summed E-state index contributed by atoms with van der Waals surface area (Å²) < 4.78 is 1.78. The van der Waals surface area contributed by atoms with Gasteiger partial charge in [0, 0.05) is 33.9 Å². The summed E-state index contributed by atoms with van der Waals surface area (Å²) in [6, 6.07) is 17.3. The lowest BCUT2D eigenvalue weighted by molar-refractivity contribution is 0.925. The Labute approximate surface area is 155 Å². The van der Waals surface area contributed by atoms with Gasteiger partial charge in [-0.3, -0.25) is 0 Å². The topological polar surface area (TPSA) is 42.2 Å². The maximum atomic E-state index is 6.32. The van der Waals surface area contributed by atoms with Crippen LogP contribution in [0.2, 0.25) is 10.0 Å². The van der Waals surface area contributed by atoms with Gasteiger partial charge in [-0.1, -0.05) is 53.5 Å². The molecule has 0 spiro atoms. The van der Waals surface area contributed by atoms with Crippen molar-refractivity contribution >= 4 is 34.7 Å². The number of nitrogens with zero attached hydrogens (tertiary/aromatic N) is 3. The Kier molecular flexibility index (Phi) is 4.30. The molecule has 25 heavy (non-hydrogen) atoms. The van der Waals surface area contributed by atoms with E-state index in [4.69, 9.17) is 23.2 Å². The van der Waals surface area contributed by atoms with Gasteiger partial charge < -0.3 is 5.32 Å². The Bertz CT molecular complexity index is 1040. The molecule has 0 atom stereocenters. The van der Waals surface area contributed by atoms with Crippen molar-refractivity contribution in [2.24, 2.45) is 0 Å². The van der Waals surface area contributed by atoms with Gasteiger partial charge >= 0.3 is 0 Å². The third-order valence-corrected chi connectivity index (χ3v) is 4.49. The van der Waals surface area contributed by atoms with Crippen molar-refractivity contribution in [3.8, 4) is 11.1 Å². The maximum absolute atomic E-state index is 6.32. The van der Waals surface area contributed by atoms with Crippen molar-refractivity contribution in [3.05, 3.63) is 82.6 Å². The molecule has 0 saturated carbocycles. The number of benzene rings is 2. The van der Waals surface area contributed by atoms with Crippen LogP contribution in [0.3, 0.4) is 0 Å². The van der Waals surface area contributed by atoms with Gasteiger partial charge in [-0.15, -0.1) is 0 Å². The SMILES string of the molecule is Clc1cccc(CNc2ccnc3c(-c4ccccc4Cl)cnn23)c1.